The Kier molecular flexibility index (Phi) is 8.17. The number of hydrogen-bond acceptors (Lipinski definition) is 4. The molecule has 4 nitrogen and oxygen atoms in total. The lowest BCUT2D eigenvalue weighted by Gasteiger charge is -2.48. The fraction of sp³-hybridized carbons (Fsp3) is 1.00. The van der Waals surface area contributed by atoms with Crippen molar-refractivity contribution in [3.8, 4) is 0 Å². The molecule has 0 aromatic heterocycles. The minimum Gasteiger partial charge on any atom is -0.329 e. The Labute approximate surface area is 132 Å². The smallest absolute Gasteiger partial charge is 0.0332 e. The second-order valence-electron chi connectivity index (χ2n) is 7.13. The van der Waals surface area contributed by atoms with E-state index in [2.05, 4.69) is 49.6 Å². The van der Waals surface area contributed by atoms with Gasteiger partial charge in [0.25, 0.3) is 0 Å². The first-order valence-corrected chi connectivity index (χ1v) is 8.79. The molecule has 2 atom stereocenters. The van der Waals surface area contributed by atoms with Gasteiger partial charge in [0.1, 0.15) is 0 Å². The summed E-state index contributed by atoms with van der Waals surface area (Å²) < 4.78 is 0. The van der Waals surface area contributed by atoms with E-state index in [4.69, 9.17) is 5.73 Å². The van der Waals surface area contributed by atoms with Crippen LogP contribution in [0.4, 0.5) is 0 Å². The van der Waals surface area contributed by atoms with Crippen molar-refractivity contribution in [2.24, 2.45) is 11.7 Å². The highest BCUT2D eigenvalue weighted by atomic mass is 15.3. The Hall–Kier alpha value is -0.160. The predicted octanol–water partition coefficient (Wildman–Crippen LogP) is 1.71. The van der Waals surface area contributed by atoms with Crippen LogP contribution in [0.15, 0.2) is 0 Å². The first-order valence-electron chi connectivity index (χ1n) is 8.79. The Morgan fingerprint density at radius 1 is 1.14 bits per heavy atom. The lowest BCUT2D eigenvalue weighted by atomic mass is 9.82. The zero-order chi connectivity index (χ0) is 15.9. The highest BCUT2D eigenvalue weighted by Gasteiger charge is 2.36. The molecule has 126 valence electrons. The molecule has 0 radical (unpaired) electrons. The summed E-state index contributed by atoms with van der Waals surface area (Å²) in [6, 6.07) is 0. The van der Waals surface area contributed by atoms with Crippen LogP contribution in [0.1, 0.15) is 40.0 Å². The maximum Gasteiger partial charge on any atom is 0.0332 e. The van der Waals surface area contributed by atoms with Crippen molar-refractivity contribution < 1.29 is 0 Å². The third-order valence-electron chi connectivity index (χ3n) is 5.37. The maximum absolute atomic E-state index is 6.22. The molecule has 2 unspecified atom stereocenters. The normalized spacial score (nSPS) is 22.4. The molecule has 21 heavy (non-hydrogen) atoms. The molecule has 1 aliphatic rings. The predicted molar refractivity (Wildman–Crippen MR) is 92.7 cm³/mol. The van der Waals surface area contributed by atoms with Gasteiger partial charge in [-0.3, -0.25) is 9.80 Å². The minimum atomic E-state index is 0.225. The van der Waals surface area contributed by atoms with Gasteiger partial charge >= 0.3 is 0 Å². The lowest BCUT2D eigenvalue weighted by molar-refractivity contribution is 0.0176. The van der Waals surface area contributed by atoms with Gasteiger partial charge in [-0.15, -0.1) is 0 Å². The molecule has 1 rings (SSSR count). The standard InChI is InChI=1S/C17H38N4/c1-6-16(3)14-17(7-2,15-18)21-12-10-20(11-13-21)9-8-19(4)5/h16H,6-15,18H2,1-5H3. The van der Waals surface area contributed by atoms with Crippen LogP contribution in [0.25, 0.3) is 0 Å². The molecule has 0 spiro atoms. The molecule has 4 heteroatoms. The quantitative estimate of drug-likeness (QED) is 0.703. The van der Waals surface area contributed by atoms with E-state index in [1.807, 2.05) is 0 Å². The van der Waals surface area contributed by atoms with Crippen molar-refractivity contribution in [1.29, 1.82) is 0 Å². The van der Waals surface area contributed by atoms with Crippen molar-refractivity contribution in [2.75, 3.05) is 59.9 Å². The molecule has 0 amide bonds. The van der Waals surface area contributed by atoms with Crippen molar-refractivity contribution in [2.45, 2.75) is 45.6 Å². The Morgan fingerprint density at radius 3 is 2.19 bits per heavy atom. The summed E-state index contributed by atoms with van der Waals surface area (Å²) in [6.07, 6.45) is 3.67. The monoisotopic (exact) mass is 298 g/mol. The Bertz CT molecular complexity index is 268. The summed E-state index contributed by atoms with van der Waals surface area (Å²) in [6.45, 7) is 14.8. The number of rotatable bonds is 9. The molecule has 0 aliphatic carbocycles. The molecule has 1 aliphatic heterocycles. The van der Waals surface area contributed by atoms with Crippen LogP contribution in [0.2, 0.25) is 0 Å². The van der Waals surface area contributed by atoms with E-state index in [0.717, 1.165) is 19.0 Å². The third-order valence-corrected chi connectivity index (χ3v) is 5.37. The van der Waals surface area contributed by atoms with E-state index in [1.165, 1.54) is 52.0 Å². The summed E-state index contributed by atoms with van der Waals surface area (Å²) in [4.78, 5) is 7.55. The summed E-state index contributed by atoms with van der Waals surface area (Å²) >= 11 is 0. The Balaban J connectivity index is 2.55. The highest BCUT2D eigenvalue weighted by Crippen LogP contribution is 2.29. The molecular formula is C17H38N4. The molecular weight excluding hydrogens is 260 g/mol. The van der Waals surface area contributed by atoms with Crippen LogP contribution >= 0.6 is 0 Å². The fourth-order valence-corrected chi connectivity index (χ4v) is 3.43. The molecule has 2 N–H and O–H groups in total. The zero-order valence-corrected chi connectivity index (χ0v) is 15.1. The van der Waals surface area contributed by atoms with Crippen LogP contribution in [0.3, 0.4) is 0 Å². The average molecular weight is 299 g/mol. The van der Waals surface area contributed by atoms with Crippen molar-refractivity contribution in [3.63, 3.8) is 0 Å². The first-order chi connectivity index (χ1) is 9.97. The third kappa shape index (κ3) is 5.51. The van der Waals surface area contributed by atoms with Gasteiger partial charge in [0, 0.05) is 51.4 Å². The van der Waals surface area contributed by atoms with Crippen molar-refractivity contribution >= 4 is 0 Å². The molecule has 0 bridgehead atoms. The number of hydrogen-bond donors (Lipinski definition) is 1. The van der Waals surface area contributed by atoms with Gasteiger partial charge in [-0.2, -0.15) is 0 Å². The molecule has 0 aromatic carbocycles. The highest BCUT2D eigenvalue weighted by molar-refractivity contribution is 4.94. The SMILES string of the molecule is CCC(C)CC(CC)(CN)N1CCN(CCN(C)C)CC1. The summed E-state index contributed by atoms with van der Waals surface area (Å²) in [5.74, 6) is 0.764. The zero-order valence-electron chi connectivity index (χ0n) is 15.1. The van der Waals surface area contributed by atoms with E-state index in [1.54, 1.807) is 0 Å². The van der Waals surface area contributed by atoms with Gasteiger partial charge in [-0.1, -0.05) is 27.2 Å². The van der Waals surface area contributed by atoms with Crippen molar-refractivity contribution in [1.82, 2.24) is 14.7 Å². The van der Waals surface area contributed by atoms with Crippen molar-refractivity contribution in [3.05, 3.63) is 0 Å². The summed E-state index contributed by atoms with van der Waals surface area (Å²) in [5.41, 5.74) is 6.45. The molecule has 1 heterocycles. The second-order valence-corrected chi connectivity index (χ2v) is 7.13. The van der Waals surface area contributed by atoms with E-state index in [0.29, 0.717) is 0 Å². The fourth-order valence-electron chi connectivity index (χ4n) is 3.43. The topological polar surface area (TPSA) is 35.7 Å². The van der Waals surface area contributed by atoms with Gasteiger partial charge < -0.3 is 10.6 Å². The number of nitrogens with two attached hydrogens (primary N) is 1. The summed E-state index contributed by atoms with van der Waals surface area (Å²) in [5, 5.41) is 0. The van der Waals surface area contributed by atoms with E-state index in [9.17, 15) is 0 Å². The van der Waals surface area contributed by atoms with Gasteiger partial charge in [0.05, 0.1) is 0 Å². The molecule has 1 fully saturated rings. The molecule has 1 saturated heterocycles. The van der Waals surface area contributed by atoms with Crippen LogP contribution in [0, 0.1) is 5.92 Å². The average Bonchev–Trinajstić information content (AvgIpc) is 2.51. The molecule has 0 aromatic rings. The van der Waals surface area contributed by atoms with Crippen LogP contribution in [-0.2, 0) is 0 Å². The lowest BCUT2D eigenvalue weighted by Crippen LogP contribution is -2.60. The van der Waals surface area contributed by atoms with Crippen LogP contribution < -0.4 is 5.73 Å². The van der Waals surface area contributed by atoms with Gasteiger partial charge in [0.2, 0.25) is 0 Å². The number of piperazine rings is 1. The Morgan fingerprint density at radius 2 is 1.76 bits per heavy atom. The molecule has 0 saturated carbocycles. The van der Waals surface area contributed by atoms with E-state index in [-0.39, 0.29) is 5.54 Å². The first kappa shape index (κ1) is 18.9. The van der Waals surface area contributed by atoms with Crippen LogP contribution in [-0.4, -0.2) is 80.1 Å². The summed E-state index contributed by atoms with van der Waals surface area (Å²) in [7, 11) is 4.30. The van der Waals surface area contributed by atoms with E-state index < -0.39 is 0 Å². The number of nitrogens with zero attached hydrogens (tertiary/aromatic N) is 3. The van der Waals surface area contributed by atoms with Gasteiger partial charge in [-0.25, -0.2) is 0 Å². The minimum absolute atomic E-state index is 0.225. The van der Waals surface area contributed by atoms with Crippen LogP contribution in [0.5, 0.6) is 0 Å². The number of likely N-dealkylation sites (N-methyl/N-ethyl adjacent to an activating group) is 1. The second kappa shape index (κ2) is 9.09. The van der Waals surface area contributed by atoms with Gasteiger partial charge in [-0.05, 0) is 32.9 Å². The van der Waals surface area contributed by atoms with Gasteiger partial charge in [0.15, 0.2) is 0 Å². The largest absolute Gasteiger partial charge is 0.329 e. The van der Waals surface area contributed by atoms with E-state index >= 15 is 0 Å². The maximum atomic E-state index is 6.22.